The Morgan fingerprint density at radius 2 is 2.33 bits per heavy atom. The smallest absolute Gasteiger partial charge is 0.248 e. The van der Waals surface area contributed by atoms with Crippen LogP contribution in [0.5, 0.6) is 0 Å². The third kappa shape index (κ3) is 2.41. The van der Waals surface area contributed by atoms with Gasteiger partial charge in [-0.1, -0.05) is 6.07 Å². The number of rotatable bonds is 3. The predicted molar refractivity (Wildman–Crippen MR) is 62.0 cm³/mol. The van der Waals surface area contributed by atoms with Crippen LogP contribution in [0, 0.1) is 0 Å². The largest absolute Gasteiger partial charge is 0.316 e. The van der Waals surface area contributed by atoms with Crippen LogP contribution in [-0.2, 0) is 4.79 Å². The Hall–Kier alpha value is -1.24. The Morgan fingerprint density at radius 3 is 2.93 bits per heavy atom. The van der Waals surface area contributed by atoms with Gasteiger partial charge in [-0.3, -0.25) is 4.79 Å². The van der Waals surface area contributed by atoms with E-state index in [1.807, 2.05) is 17.5 Å². The molecule has 4 nitrogen and oxygen atoms in total. The maximum Gasteiger partial charge on any atom is 0.248 e. The Labute approximate surface area is 94.8 Å². The first-order valence-corrected chi connectivity index (χ1v) is 6.02. The Balaban J connectivity index is 2.03. The third-order valence-corrected chi connectivity index (χ3v) is 3.44. The molecular weight excluding hydrogens is 230 g/mol. The number of thiazole rings is 1. The maximum atomic E-state index is 11.6. The molecule has 0 saturated heterocycles. The second-order valence-electron chi connectivity index (χ2n) is 2.82. The van der Waals surface area contributed by atoms with Gasteiger partial charge in [0.05, 0.1) is 0 Å². The first kappa shape index (κ1) is 10.3. The van der Waals surface area contributed by atoms with E-state index in [4.69, 9.17) is 5.73 Å². The van der Waals surface area contributed by atoms with Gasteiger partial charge in [-0.2, -0.15) is 0 Å². The quantitative estimate of drug-likeness (QED) is 0.858. The van der Waals surface area contributed by atoms with E-state index in [-0.39, 0.29) is 5.91 Å². The minimum atomic E-state index is -0.617. The standard InChI is InChI=1S/C9H9N3OS2/c10-7(6-2-1-4-14-6)8(13)12-9-11-3-5-15-9/h1-5,7H,10H2,(H,11,12,13). The average molecular weight is 239 g/mol. The van der Waals surface area contributed by atoms with E-state index in [1.54, 1.807) is 11.6 Å². The average Bonchev–Trinajstić information content (AvgIpc) is 2.88. The molecule has 0 aliphatic carbocycles. The zero-order valence-electron chi connectivity index (χ0n) is 7.71. The van der Waals surface area contributed by atoms with Crippen LogP contribution in [-0.4, -0.2) is 10.9 Å². The molecule has 0 bridgehead atoms. The summed E-state index contributed by atoms with van der Waals surface area (Å²) in [5.41, 5.74) is 5.77. The van der Waals surface area contributed by atoms with Crippen LogP contribution in [0.3, 0.4) is 0 Å². The molecule has 3 N–H and O–H groups in total. The van der Waals surface area contributed by atoms with Crippen LogP contribution < -0.4 is 11.1 Å². The van der Waals surface area contributed by atoms with Crippen molar-refractivity contribution < 1.29 is 4.79 Å². The number of carbonyl (C=O) groups excluding carboxylic acids is 1. The highest BCUT2D eigenvalue weighted by Gasteiger charge is 2.17. The number of aromatic nitrogens is 1. The molecule has 15 heavy (non-hydrogen) atoms. The maximum absolute atomic E-state index is 11.6. The van der Waals surface area contributed by atoms with Gasteiger partial charge < -0.3 is 11.1 Å². The molecule has 78 valence electrons. The lowest BCUT2D eigenvalue weighted by molar-refractivity contribution is -0.117. The lowest BCUT2D eigenvalue weighted by Gasteiger charge is -2.07. The fourth-order valence-corrected chi connectivity index (χ4v) is 2.32. The number of anilines is 1. The van der Waals surface area contributed by atoms with Gasteiger partial charge in [-0.25, -0.2) is 4.98 Å². The second kappa shape index (κ2) is 4.52. The molecule has 0 fully saturated rings. The van der Waals surface area contributed by atoms with Crippen molar-refractivity contribution in [1.29, 1.82) is 0 Å². The molecule has 2 aromatic rings. The zero-order chi connectivity index (χ0) is 10.7. The summed E-state index contributed by atoms with van der Waals surface area (Å²) in [6.07, 6.45) is 1.64. The predicted octanol–water partition coefficient (Wildman–Crippen LogP) is 1.84. The number of carbonyl (C=O) groups is 1. The van der Waals surface area contributed by atoms with E-state index < -0.39 is 6.04 Å². The molecule has 0 aromatic carbocycles. The number of nitrogens with one attached hydrogen (secondary N) is 1. The molecule has 2 rings (SSSR count). The van der Waals surface area contributed by atoms with Crippen molar-refractivity contribution >= 4 is 33.7 Å². The molecule has 0 aliphatic heterocycles. The molecule has 2 heterocycles. The molecule has 0 radical (unpaired) electrons. The SMILES string of the molecule is NC(C(=O)Nc1nccs1)c1cccs1. The molecular formula is C9H9N3OS2. The van der Waals surface area contributed by atoms with Gasteiger partial charge in [0.2, 0.25) is 5.91 Å². The van der Waals surface area contributed by atoms with Gasteiger partial charge in [0.25, 0.3) is 0 Å². The van der Waals surface area contributed by atoms with Crippen LogP contribution in [0.25, 0.3) is 0 Å². The third-order valence-electron chi connectivity index (χ3n) is 1.79. The van der Waals surface area contributed by atoms with Crippen molar-refractivity contribution in [2.45, 2.75) is 6.04 Å². The van der Waals surface area contributed by atoms with Crippen molar-refractivity contribution in [1.82, 2.24) is 4.98 Å². The topological polar surface area (TPSA) is 68.0 Å². The first-order chi connectivity index (χ1) is 7.27. The van der Waals surface area contributed by atoms with E-state index >= 15 is 0 Å². The van der Waals surface area contributed by atoms with Gasteiger partial charge in [0, 0.05) is 16.5 Å². The van der Waals surface area contributed by atoms with Crippen molar-refractivity contribution in [2.24, 2.45) is 5.73 Å². The van der Waals surface area contributed by atoms with Gasteiger partial charge in [0.15, 0.2) is 5.13 Å². The molecule has 0 spiro atoms. The summed E-state index contributed by atoms with van der Waals surface area (Å²) in [6.45, 7) is 0. The van der Waals surface area contributed by atoms with Gasteiger partial charge in [0.1, 0.15) is 6.04 Å². The normalized spacial score (nSPS) is 12.3. The highest BCUT2D eigenvalue weighted by Crippen LogP contribution is 2.19. The summed E-state index contributed by atoms with van der Waals surface area (Å²) in [4.78, 5) is 16.5. The minimum Gasteiger partial charge on any atom is -0.316 e. The van der Waals surface area contributed by atoms with Crippen LogP contribution in [0.15, 0.2) is 29.1 Å². The summed E-state index contributed by atoms with van der Waals surface area (Å²) in [6, 6.07) is 3.10. The number of amides is 1. The van der Waals surface area contributed by atoms with Crippen LogP contribution in [0.2, 0.25) is 0 Å². The fraction of sp³-hybridized carbons (Fsp3) is 0.111. The van der Waals surface area contributed by atoms with Crippen molar-refractivity contribution in [3.63, 3.8) is 0 Å². The summed E-state index contributed by atoms with van der Waals surface area (Å²) < 4.78 is 0. The van der Waals surface area contributed by atoms with E-state index in [9.17, 15) is 4.79 Å². The Kier molecular flexibility index (Phi) is 3.10. The van der Waals surface area contributed by atoms with E-state index in [0.717, 1.165) is 4.88 Å². The Morgan fingerprint density at radius 1 is 1.47 bits per heavy atom. The highest BCUT2D eigenvalue weighted by atomic mass is 32.1. The fourth-order valence-electron chi connectivity index (χ4n) is 1.07. The number of nitrogens with two attached hydrogens (primary N) is 1. The van der Waals surface area contributed by atoms with Crippen LogP contribution in [0.1, 0.15) is 10.9 Å². The molecule has 1 atom stereocenters. The number of nitrogens with zero attached hydrogens (tertiary/aromatic N) is 1. The first-order valence-electron chi connectivity index (χ1n) is 4.26. The number of thiophene rings is 1. The van der Waals surface area contributed by atoms with E-state index in [0.29, 0.717) is 5.13 Å². The van der Waals surface area contributed by atoms with Gasteiger partial charge in [-0.15, -0.1) is 22.7 Å². The van der Waals surface area contributed by atoms with E-state index in [2.05, 4.69) is 10.3 Å². The van der Waals surface area contributed by atoms with E-state index in [1.165, 1.54) is 22.7 Å². The van der Waals surface area contributed by atoms with Crippen molar-refractivity contribution in [3.05, 3.63) is 34.0 Å². The molecule has 1 unspecified atom stereocenters. The monoisotopic (exact) mass is 239 g/mol. The van der Waals surface area contributed by atoms with Gasteiger partial charge in [-0.05, 0) is 11.4 Å². The lowest BCUT2D eigenvalue weighted by atomic mass is 10.2. The molecule has 0 aliphatic rings. The minimum absolute atomic E-state index is 0.229. The summed E-state index contributed by atoms with van der Waals surface area (Å²) >= 11 is 2.84. The second-order valence-corrected chi connectivity index (χ2v) is 4.69. The summed E-state index contributed by atoms with van der Waals surface area (Å²) in [5.74, 6) is -0.229. The molecule has 0 saturated carbocycles. The molecule has 1 amide bonds. The van der Waals surface area contributed by atoms with Gasteiger partial charge >= 0.3 is 0 Å². The van der Waals surface area contributed by atoms with Crippen LogP contribution >= 0.6 is 22.7 Å². The molecule has 6 heteroatoms. The van der Waals surface area contributed by atoms with Crippen molar-refractivity contribution in [2.75, 3.05) is 5.32 Å². The summed E-state index contributed by atoms with van der Waals surface area (Å²) in [5, 5.41) is 6.93. The lowest BCUT2D eigenvalue weighted by Crippen LogP contribution is -2.26. The van der Waals surface area contributed by atoms with Crippen molar-refractivity contribution in [3.8, 4) is 0 Å². The highest BCUT2D eigenvalue weighted by molar-refractivity contribution is 7.13. The van der Waals surface area contributed by atoms with Crippen LogP contribution in [0.4, 0.5) is 5.13 Å². The number of hydrogen-bond acceptors (Lipinski definition) is 5. The zero-order valence-corrected chi connectivity index (χ0v) is 9.35. The molecule has 2 aromatic heterocycles. The summed E-state index contributed by atoms with van der Waals surface area (Å²) in [7, 11) is 0. The number of hydrogen-bond donors (Lipinski definition) is 2. The Bertz CT molecular complexity index is 424.